The average Bonchev–Trinajstić information content (AvgIpc) is 2.89. The molecular formula is C17H21NOS. The van der Waals surface area contributed by atoms with Gasteiger partial charge in [-0.25, -0.2) is 0 Å². The Balaban J connectivity index is 1.46. The molecule has 2 aromatic rings. The minimum Gasteiger partial charge on any atom is -0.387 e. The first-order chi connectivity index (χ1) is 9.70. The lowest BCUT2D eigenvalue weighted by molar-refractivity contribution is 0.0401. The Morgan fingerprint density at radius 1 is 1.30 bits per heavy atom. The number of aliphatic hydroxyl groups excluding tert-OH is 1. The van der Waals surface area contributed by atoms with E-state index >= 15 is 0 Å². The van der Waals surface area contributed by atoms with Gasteiger partial charge in [0.05, 0.1) is 6.10 Å². The Morgan fingerprint density at radius 2 is 2.15 bits per heavy atom. The standard InChI is InChI=1S/C17H21NOS/c1-13-4-2-5-15(8-13)17(19)12-18-10-14(11-18)9-16-6-3-7-20-16/h2-8,14,17,19H,9-12H2,1H3. The predicted octanol–water partition coefficient (Wildman–Crippen LogP) is 3.26. The van der Waals surface area contributed by atoms with E-state index in [-0.39, 0.29) is 6.10 Å². The van der Waals surface area contributed by atoms with Crippen molar-refractivity contribution < 1.29 is 5.11 Å². The monoisotopic (exact) mass is 287 g/mol. The molecule has 1 N–H and O–H groups in total. The average molecular weight is 287 g/mol. The van der Waals surface area contributed by atoms with Crippen molar-refractivity contribution >= 4 is 11.3 Å². The molecule has 1 saturated heterocycles. The lowest BCUT2D eigenvalue weighted by Crippen LogP contribution is -2.49. The van der Waals surface area contributed by atoms with Crippen LogP contribution in [-0.2, 0) is 6.42 Å². The van der Waals surface area contributed by atoms with Gasteiger partial charge in [-0.2, -0.15) is 0 Å². The molecule has 0 aliphatic carbocycles. The quantitative estimate of drug-likeness (QED) is 0.912. The van der Waals surface area contributed by atoms with Crippen molar-refractivity contribution in [2.75, 3.05) is 19.6 Å². The number of thiophene rings is 1. The molecule has 1 aliphatic heterocycles. The normalized spacial score (nSPS) is 17.9. The van der Waals surface area contributed by atoms with Gasteiger partial charge in [-0.05, 0) is 36.3 Å². The van der Waals surface area contributed by atoms with Crippen LogP contribution in [0, 0.1) is 12.8 Å². The van der Waals surface area contributed by atoms with Crippen LogP contribution in [0.3, 0.4) is 0 Å². The molecule has 3 rings (SSSR count). The predicted molar refractivity (Wildman–Crippen MR) is 84.1 cm³/mol. The van der Waals surface area contributed by atoms with Crippen LogP contribution >= 0.6 is 11.3 Å². The largest absolute Gasteiger partial charge is 0.387 e. The zero-order valence-electron chi connectivity index (χ0n) is 11.8. The molecule has 0 bridgehead atoms. The van der Waals surface area contributed by atoms with Crippen molar-refractivity contribution in [2.24, 2.45) is 5.92 Å². The molecule has 1 unspecified atom stereocenters. The third kappa shape index (κ3) is 3.29. The van der Waals surface area contributed by atoms with Crippen LogP contribution in [0.4, 0.5) is 0 Å². The summed E-state index contributed by atoms with van der Waals surface area (Å²) in [7, 11) is 0. The van der Waals surface area contributed by atoms with Gasteiger partial charge < -0.3 is 5.11 Å². The molecular weight excluding hydrogens is 266 g/mol. The van der Waals surface area contributed by atoms with E-state index < -0.39 is 0 Å². The van der Waals surface area contributed by atoms with E-state index in [2.05, 4.69) is 41.5 Å². The summed E-state index contributed by atoms with van der Waals surface area (Å²) in [5, 5.41) is 12.4. The Kier molecular flexibility index (Phi) is 4.20. The minimum absolute atomic E-state index is 0.363. The third-order valence-corrected chi connectivity index (χ3v) is 4.86. The van der Waals surface area contributed by atoms with E-state index in [0.717, 1.165) is 31.1 Å². The highest BCUT2D eigenvalue weighted by molar-refractivity contribution is 7.09. The molecule has 1 aliphatic rings. The van der Waals surface area contributed by atoms with E-state index in [1.54, 1.807) is 0 Å². The first-order valence-electron chi connectivity index (χ1n) is 7.20. The molecule has 0 saturated carbocycles. The zero-order chi connectivity index (χ0) is 13.9. The van der Waals surface area contributed by atoms with Crippen LogP contribution in [0.15, 0.2) is 41.8 Å². The van der Waals surface area contributed by atoms with Gasteiger partial charge in [0.25, 0.3) is 0 Å². The van der Waals surface area contributed by atoms with Gasteiger partial charge in [0, 0.05) is 24.5 Å². The summed E-state index contributed by atoms with van der Waals surface area (Å²) in [5.41, 5.74) is 2.24. The summed E-state index contributed by atoms with van der Waals surface area (Å²) in [6.45, 7) is 5.04. The molecule has 1 fully saturated rings. The molecule has 1 aromatic carbocycles. The Morgan fingerprint density at radius 3 is 2.85 bits per heavy atom. The van der Waals surface area contributed by atoms with Crippen molar-refractivity contribution in [1.82, 2.24) is 4.90 Å². The van der Waals surface area contributed by atoms with Crippen LogP contribution in [0.2, 0.25) is 0 Å². The molecule has 0 amide bonds. The molecule has 106 valence electrons. The van der Waals surface area contributed by atoms with Crippen LogP contribution < -0.4 is 0 Å². The number of benzene rings is 1. The maximum absolute atomic E-state index is 10.3. The summed E-state index contributed by atoms with van der Waals surface area (Å²) >= 11 is 1.85. The fourth-order valence-corrected chi connectivity index (χ4v) is 3.72. The van der Waals surface area contributed by atoms with Gasteiger partial charge >= 0.3 is 0 Å². The molecule has 20 heavy (non-hydrogen) atoms. The van der Waals surface area contributed by atoms with Gasteiger partial charge in [-0.1, -0.05) is 35.9 Å². The maximum Gasteiger partial charge on any atom is 0.0917 e. The van der Waals surface area contributed by atoms with Crippen LogP contribution in [0.5, 0.6) is 0 Å². The minimum atomic E-state index is -0.363. The van der Waals surface area contributed by atoms with Gasteiger partial charge in [0.2, 0.25) is 0 Å². The van der Waals surface area contributed by atoms with Gasteiger partial charge in [0.15, 0.2) is 0 Å². The lowest BCUT2D eigenvalue weighted by Gasteiger charge is -2.40. The van der Waals surface area contributed by atoms with Gasteiger partial charge in [-0.3, -0.25) is 4.90 Å². The number of β-amino-alcohol motifs (C(OH)–C–C–N with tert-alkyl or cyclic N) is 1. The SMILES string of the molecule is Cc1cccc(C(O)CN2CC(Cc3cccs3)C2)c1. The first kappa shape index (κ1) is 13.8. The highest BCUT2D eigenvalue weighted by Crippen LogP contribution is 2.25. The highest BCUT2D eigenvalue weighted by Gasteiger charge is 2.28. The molecule has 1 atom stereocenters. The number of rotatable bonds is 5. The molecule has 3 heteroatoms. The number of nitrogens with zero attached hydrogens (tertiary/aromatic N) is 1. The third-order valence-electron chi connectivity index (χ3n) is 3.96. The van der Waals surface area contributed by atoms with E-state index in [1.165, 1.54) is 16.9 Å². The summed E-state index contributed by atoms with van der Waals surface area (Å²) in [6, 6.07) is 12.5. The zero-order valence-corrected chi connectivity index (χ0v) is 12.6. The van der Waals surface area contributed by atoms with Crippen molar-refractivity contribution in [1.29, 1.82) is 0 Å². The first-order valence-corrected chi connectivity index (χ1v) is 8.08. The van der Waals surface area contributed by atoms with E-state index in [0.29, 0.717) is 0 Å². The summed E-state index contributed by atoms with van der Waals surface area (Å²) in [4.78, 5) is 3.83. The molecule has 2 heterocycles. The Bertz CT molecular complexity index is 546. The number of aryl methyl sites for hydroxylation is 1. The van der Waals surface area contributed by atoms with E-state index in [4.69, 9.17) is 0 Å². The van der Waals surface area contributed by atoms with Crippen LogP contribution in [0.25, 0.3) is 0 Å². The number of hydrogen-bond acceptors (Lipinski definition) is 3. The van der Waals surface area contributed by atoms with Crippen LogP contribution in [0.1, 0.15) is 22.1 Å². The molecule has 2 nitrogen and oxygen atoms in total. The number of likely N-dealkylation sites (tertiary alicyclic amines) is 1. The van der Waals surface area contributed by atoms with Crippen molar-refractivity contribution in [3.05, 3.63) is 57.8 Å². The second-order valence-electron chi connectivity index (χ2n) is 5.80. The van der Waals surface area contributed by atoms with E-state index in [9.17, 15) is 5.11 Å². The summed E-state index contributed by atoms with van der Waals surface area (Å²) < 4.78 is 0. The highest BCUT2D eigenvalue weighted by atomic mass is 32.1. The fraction of sp³-hybridized carbons (Fsp3) is 0.412. The van der Waals surface area contributed by atoms with Crippen molar-refractivity contribution in [3.63, 3.8) is 0 Å². The lowest BCUT2D eigenvalue weighted by atomic mass is 9.94. The van der Waals surface area contributed by atoms with Crippen molar-refractivity contribution in [2.45, 2.75) is 19.4 Å². The van der Waals surface area contributed by atoms with Crippen LogP contribution in [-0.4, -0.2) is 29.6 Å². The Hall–Kier alpha value is -1.16. The Labute approximate surface area is 124 Å². The molecule has 1 aromatic heterocycles. The van der Waals surface area contributed by atoms with E-state index in [1.807, 2.05) is 23.5 Å². The summed E-state index contributed by atoms with van der Waals surface area (Å²) in [6.07, 6.45) is 0.826. The molecule has 0 spiro atoms. The smallest absolute Gasteiger partial charge is 0.0917 e. The van der Waals surface area contributed by atoms with Gasteiger partial charge in [-0.15, -0.1) is 11.3 Å². The second kappa shape index (κ2) is 6.08. The fourth-order valence-electron chi connectivity index (χ4n) is 2.90. The topological polar surface area (TPSA) is 23.5 Å². The summed E-state index contributed by atoms with van der Waals surface area (Å²) in [5.74, 6) is 0.762. The molecule has 0 radical (unpaired) electrons. The van der Waals surface area contributed by atoms with Gasteiger partial charge in [0.1, 0.15) is 0 Å². The number of aliphatic hydroxyl groups is 1. The van der Waals surface area contributed by atoms with Crippen molar-refractivity contribution in [3.8, 4) is 0 Å². The maximum atomic E-state index is 10.3. The number of hydrogen-bond donors (Lipinski definition) is 1. The second-order valence-corrected chi connectivity index (χ2v) is 6.83.